The smallest absolute Gasteiger partial charge is 0.104 e. The number of nitrogens with two attached hydrogens (primary N) is 1. The largest absolute Gasteiger partial charge is 0.411 e. The fourth-order valence-corrected chi connectivity index (χ4v) is 6.58. The van der Waals surface area contributed by atoms with Crippen molar-refractivity contribution in [3.05, 3.63) is 11.6 Å². The van der Waals surface area contributed by atoms with Gasteiger partial charge in [-0.05, 0) is 68.1 Å². The molecule has 132 valence electrons. The lowest BCUT2D eigenvalue weighted by Gasteiger charge is -2.56. The molecule has 0 aliphatic heterocycles. The first-order chi connectivity index (χ1) is 11.4. The zero-order chi connectivity index (χ0) is 17.1. The number of hydrogen-bond acceptors (Lipinski definition) is 5. The van der Waals surface area contributed by atoms with Gasteiger partial charge in [0.15, 0.2) is 0 Å². The molecule has 0 aromatic carbocycles. The minimum absolute atomic E-state index is 0.0621. The summed E-state index contributed by atoms with van der Waals surface area (Å²) in [6, 6.07) is 0. The van der Waals surface area contributed by atoms with Crippen LogP contribution in [0.2, 0.25) is 0 Å². The Kier molecular flexibility index (Phi) is 3.57. The van der Waals surface area contributed by atoms with E-state index in [4.69, 9.17) is 5.84 Å². The predicted molar refractivity (Wildman–Crippen MR) is 93.9 cm³/mol. The van der Waals surface area contributed by atoms with Crippen molar-refractivity contribution < 1.29 is 10.3 Å². The second-order valence-corrected chi connectivity index (χ2v) is 8.84. The SMILES string of the molecule is C[C@]12CC[C@H](O)CC1=CC[C@@H]1[C@@H]2CC[C@]2(C)C(=N/N)/C(=N/O)C[C@@H]12. The molecule has 5 heteroatoms. The number of hydrogen-bond donors (Lipinski definition) is 3. The zero-order valence-electron chi connectivity index (χ0n) is 14.7. The molecule has 0 unspecified atom stereocenters. The van der Waals surface area contributed by atoms with Crippen molar-refractivity contribution in [3.63, 3.8) is 0 Å². The van der Waals surface area contributed by atoms with E-state index in [1.807, 2.05) is 0 Å². The van der Waals surface area contributed by atoms with E-state index in [9.17, 15) is 10.3 Å². The van der Waals surface area contributed by atoms with Gasteiger partial charge in [-0.3, -0.25) is 0 Å². The Balaban J connectivity index is 1.72. The average molecular weight is 331 g/mol. The third-order valence-electron chi connectivity index (χ3n) is 7.94. The summed E-state index contributed by atoms with van der Waals surface area (Å²) >= 11 is 0. The molecule has 0 aromatic rings. The summed E-state index contributed by atoms with van der Waals surface area (Å²) in [5.74, 6) is 7.35. The molecule has 4 rings (SSSR count). The Labute approximate surface area is 143 Å². The van der Waals surface area contributed by atoms with Gasteiger partial charge in [0.2, 0.25) is 0 Å². The first-order valence-corrected chi connectivity index (χ1v) is 9.31. The summed E-state index contributed by atoms with van der Waals surface area (Å²) in [6.45, 7) is 4.67. The predicted octanol–water partition coefficient (Wildman–Crippen LogP) is 3.06. The van der Waals surface area contributed by atoms with Crippen LogP contribution in [-0.4, -0.2) is 27.8 Å². The zero-order valence-corrected chi connectivity index (χ0v) is 14.7. The van der Waals surface area contributed by atoms with Crippen LogP contribution in [0.1, 0.15) is 58.8 Å². The van der Waals surface area contributed by atoms with Crippen molar-refractivity contribution in [2.45, 2.75) is 64.9 Å². The van der Waals surface area contributed by atoms with Crippen LogP contribution in [0.4, 0.5) is 0 Å². The number of fused-ring (bicyclic) bond motifs is 5. The third-order valence-corrected chi connectivity index (χ3v) is 7.94. The molecule has 4 N–H and O–H groups in total. The van der Waals surface area contributed by atoms with E-state index < -0.39 is 0 Å². The van der Waals surface area contributed by atoms with Gasteiger partial charge >= 0.3 is 0 Å². The minimum atomic E-state index is -0.162. The van der Waals surface area contributed by atoms with E-state index in [-0.39, 0.29) is 16.9 Å². The summed E-state index contributed by atoms with van der Waals surface area (Å²) in [5, 5.41) is 27.0. The molecule has 6 atom stereocenters. The highest BCUT2D eigenvalue weighted by molar-refractivity contribution is 6.46. The number of rotatable bonds is 0. The van der Waals surface area contributed by atoms with Gasteiger partial charge in [-0.1, -0.05) is 30.7 Å². The first kappa shape index (κ1) is 16.1. The Bertz CT molecular complexity index is 641. The van der Waals surface area contributed by atoms with Crippen LogP contribution in [0.25, 0.3) is 0 Å². The van der Waals surface area contributed by atoms with Crippen LogP contribution >= 0.6 is 0 Å². The van der Waals surface area contributed by atoms with Crippen molar-refractivity contribution in [1.82, 2.24) is 0 Å². The Morgan fingerprint density at radius 1 is 1.12 bits per heavy atom. The lowest BCUT2D eigenvalue weighted by atomic mass is 9.48. The molecule has 3 fully saturated rings. The summed E-state index contributed by atoms with van der Waals surface area (Å²) in [4.78, 5) is 0. The second-order valence-electron chi connectivity index (χ2n) is 8.84. The number of allylic oxidation sites excluding steroid dienone is 1. The molecular formula is C19H29N3O2. The Morgan fingerprint density at radius 3 is 2.58 bits per heavy atom. The maximum atomic E-state index is 10.1. The van der Waals surface area contributed by atoms with E-state index >= 15 is 0 Å². The molecule has 24 heavy (non-hydrogen) atoms. The number of oxime groups is 1. The molecule has 0 amide bonds. The number of aliphatic hydroxyl groups excluding tert-OH is 1. The Morgan fingerprint density at radius 2 is 1.88 bits per heavy atom. The van der Waals surface area contributed by atoms with Gasteiger partial charge in [-0.2, -0.15) is 5.10 Å². The molecule has 4 aliphatic rings. The van der Waals surface area contributed by atoms with Crippen LogP contribution in [0.15, 0.2) is 21.9 Å². The van der Waals surface area contributed by atoms with Crippen molar-refractivity contribution >= 4 is 11.4 Å². The molecule has 4 aliphatic carbocycles. The van der Waals surface area contributed by atoms with E-state index in [1.165, 1.54) is 12.0 Å². The third kappa shape index (κ3) is 1.97. The fraction of sp³-hybridized carbons (Fsp3) is 0.789. The summed E-state index contributed by atoms with van der Waals surface area (Å²) in [5.41, 5.74) is 3.14. The first-order valence-electron chi connectivity index (χ1n) is 9.31. The minimum Gasteiger partial charge on any atom is -0.411 e. The highest BCUT2D eigenvalue weighted by atomic mass is 16.4. The number of aliphatic hydroxyl groups is 1. The lowest BCUT2D eigenvalue weighted by molar-refractivity contribution is -0.0197. The van der Waals surface area contributed by atoms with Gasteiger partial charge in [-0.25, -0.2) is 0 Å². The average Bonchev–Trinajstić information content (AvgIpc) is 2.87. The maximum absolute atomic E-state index is 10.1. The summed E-state index contributed by atoms with van der Waals surface area (Å²) in [7, 11) is 0. The van der Waals surface area contributed by atoms with Crippen LogP contribution in [0.3, 0.4) is 0 Å². The molecule has 5 nitrogen and oxygen atoms in total. The normalized spacial score (nSPS) is 51.0. The Hall–Kier alpha value is -1.36. The molecule has 0 radical (unpaired) electrons. The lowest BCUT2D eigenvalue weighted by Crippen LogP contribution is -2.50. The number of hydrazone groups is 1. The molecule has 0 heterocycles. The molecule has 0 saturated heterocycles. The van der Waals surface area contributed by atoms with Gasteiger partial charge in [0, 0.05) is 5.41 Å². The number of nitrogens with zero attached hydrogens (tertiary/aromatic N) is 2. The van der Waals surface area contributed by atoms with Crippen LogP contribution in [-0.2, 0) is 0 Å². The second kappa shape index (κ2) is 5.32. The molecule has 0 spiro atoms. The van der Waals surface area contributed by atoms with Crippen molar-refractivity contribution in [2.24, 2.45) is 44.7 Å². The van der Waals surface area contributed by atoms with Crippen molar-refractivity contribution in [2.75, 3.05) is 0 Å². The summed E-state index contributed by atoms with van der Waals surface area (Å²) < 4.78 is 0. The van der Waals surface area contributed by atoms with Gasteiger partial charge in [0.1, 0.15) is 5.71 Å². The maximum Gasteiger partial charge on any atom is 0.104 e. The summed E-state index contributed by atoms with van der Waals surface area (Å²) in [6.07, 6.45) is 9.17. The molecule has 3 saturated carbocycles. The van der Waals surface area contributed by atoms with Crippen LogP contribution in [0.5, 0.6) is 0 Å². The molecule has 0 bridgehead atoms. The van der Waals surface area contributed by atoms with Crippen molar-refractivity contribution in [1.29, 1.82) is 0 Å². The van der Waals surface area contributed by atoms with Crippen LogP contribution < -0.4 is 5.84 Å². The topological polar surface area (TPSA) is 91.2 Å². The van der Waals surface area contributed by atoms with Gasteiger partial charge in [0.25, 0.3) is 0 Å². The van der Waals surface area contributed by atoms with Gasteiger partial charge < -0.3 is 16.2 Å². The highest BCUT2D eigenvalue weighted by Crippen LogP contribution is 2.63. The van der Waals surface area contributed by atoms with Gasteiger partial charge in [0.05, 0.1) is 11.8 Å². The highest BCUT2D eigenvalue weighted by Gasteiger charge is 2.59. The molecular weight excluding hydrogens is 302 g/mol. The monoisotopic (exact) mass is 331 g/mol. The van der Waals surface area contributed by atoms with E-state index in [0.717, 1.165) is 44.2 Å². The van der Waals surface area contributed by atoms with Gasteiger partial charge in [-0.15, -0.1) is 0 Å². The van der Waals surface area contributed by atoms with Crippen LogP contribution in [0, 0.1) is 28.6 Å². The quantitative estimate of drug-likeness (QED) is 0.276. The molecule has 0 aromatic heterocycles. The standard InChI is InChI=1S/C19H29N3O2/c1-18-7-5-12(23)9-11(18)3-4-13-14(18)6-8-19(2)15(13)10-16(22-24)17(19)21-20/h3,12-15,23-24H,4-10,20H2,1-2H3/b21-17+,22-16+/t12-,13+,14-,15-,18-,19-/m0/s1. The van der Waals surface area contributed by atoms with E-state index in [2.05, 4.69) is 30.2 Å². The van der Waals surface area contributed by atoms with E-state index in [0.29, 0.717) is 23.5 Å². The van der Waals surface area contributed by atoms with Crippen molar-refractivity contribution in [3.8, 4) is 0 Å². The van der Waals surface area contributed by atoms with E-state index in [1.54, 1.807) is 0 Å². The fourth-order valence-electron chi connectivity index (χ4n) is 6.58.